The van der Waals surface area contributed by atoms with Crippen LogP contribution in [0.5, 0.6) is 0 Å². The number of hydrogen-bond donors (Lipinski definition) is 2. The molecular weight excluding hydrogens is 360 g/mol. The van der Waals surface area contributed by atoms with Crippen LogP contribution in [0, 0.1) is 5.92 Å². The zero-order chi connectivity index (χ0) is 18.8. The van der Waals surface area contributed by atoms with Crippen molar-refractivity contribution in [2.45, 2.75) is 56.7 Å². The van der Waals surface area contributed by atoms with Gasteiger partial charge in [-0.15, -0.1) is 4.36 Å². The first kappa shape index (κ1) is 17.6. The summed E-state index contributed by atoms with van der Waals surface area (Å²) in [5, 5.41) is 2.99. The van der Waals surface area contributed by atoms with E-state index in [0.717, 1.165) is 57.3 Å². The number of aryl methyl sites for hydroxylation is 2. The van der Waals surface area contributed by atoms with Crippen LogP contribution >= 0.6 is 0 Å². The fraction of sp³-hybridized carbons (Fsp3) is 0.650. The Hall–Kier alpha value is -1.44. The Balaban J connectivity index is 1.47. The van der Waals surface area contributed by atoms with Crippen molar-refractivity contribution < 1.29 is 9.00 Å². The molecule has 1 aromatic carbocycles. The van der Waals surface area contributed by atoms with Gasteiger partial charge in [0.25, 0.3) is 0 Å². The van der Waals surface area contributed by atoms with Crippen LogP contribution in [-0.2, 0) is 35.6 Å². The number of anilines is 1. The van der Waals surface area contributed by atoms with Crippen LogP contribution in [0.3, 0.4) is 0 Å². The molecular formula is C20H28N4O2S. The quantitative estimate of drug-likeness (QED) is 0.776. The molecule has 0 saturated carbocycles. The van der Waals surface area contributed by atoms with Gasteiger partial charge in [0.2, 0.25) is 0 Å². The lowest BCUT2D eigenvalue weighted by atomic mass is 9.99. The molecule has 2 aliphatic heterocycles. The number of nitrogens with one attached hydrogen (secondary N) is 2. The number of urea groups is 1. The summed E-state index contributed by atoms with van der Waals surface area (Å²) in [6.07, 6.45) is 6.49. The van der Waals surface area contributed by atoms with Gasteiger partial charge in [0.05, 0.1) is 5.25 Å². The van der Waals surface area contributed by atoms with Crippen molar-refractivity contribution in [1.82, 2.24) is 9.62 Å². The second-order valence-electron chi connectivity index (χ2n) is 8.65. The van der Waals surface area contributed by atoms with Gasteiger partial charge in [-0.25, -0.2) is 13.7 Å². The molecule has 2 N–H and O–H groups in total. The molecule has 2 heterocycles. The predicted molar refractivity (Wildman–Crippen MR) is 107 cm³/mol. The van der Waals surface area contributed by atoms with E-state index in [1.165, 1.54) is 22.3 Å². The fourth-order valence-corrected chi connectivity index (χ4v) is 8.18. The average Bonchev–Trinajstić information content (AvgIpc) is 3.34. The maximum absolute atomic E-state index is 13.5. The van der Waals surface area contributed by atoms with Crippen molar-refractivity contribution >= 4 is 21.6 Å². The first-order chi connectivity index (χ1) is 12.9. The Morgan fingerprint density at radius 2 is 1.85 bits per heavy atom. The number of fused-ring (bicyclic) bond motifs is 3. The standard InChI is InChI=1S/C20H28N4O2S/c1-12-17-10-24(2)11-18(17)27(26,22-12)23-20(25)21-19-15-7-3-5-13(15)9-14-6-4-8-16(14)19/h9,12,17-18H,3-8,10-11H2,1-2H3,(H2,21,22,23,25,26). The highest BCUT2D eigenvalue weighted by Crippen LogP contribution is 2.39. The number of likely N-dealkylation sites (tertiary alicyclic amines) is 1. The van der Waals surface area contributed by atoms with E-state index < -0.39 is 15.9 Å². The third-order valence-corrected chi connectivity index (χ3v) is 9.29. The molecule has 2 aliphatic carbocycles. The van der Waals surface area contributed by atoms with E-state index in [1.807, 2.05) is 14.0 Å². The molecule has 4 atom stereocenters. The SMILES string of the molecule is CC1NS(=O)(=NC(=O)Nc2c3c(cc4c2CCC4)CCC3)C2CN(C)CC12. The molecule has 4 unspecified atom stereocenters. The smallest absolute Gasteiger partial charge is 0.305 e. The third-order valence-electron chi connectivity index (χ3n) is 6.82. The zero-order valence-electron chi connectivity index (χ0n) is 16.1. The Labute approximate surface area is 161 Å². The lowest BCUT2D eigenvalue weighted by Gasteiger charge is -2.16. The summed E-state index contributed by atoms with van der Waals surface area (Å²) in [7, 11) is -0.696. The normalized spacial score (nSPS) is 34.4. The van der Waals surface area contributed by atoms with Crippen molar-refractivity contribution in [3.63, 3.8) is 0 Å². The van der Waals surface area contributed by atoms with Crippen LogP contribution in [0.25, 0.3) is 0 Å². The number of carbonyl (C=O) groups excluding carboxylic acids is 1. The van der Waals surface area contributed by atoms with Gasteiger partial charge in [0.15, 0.2) is 0 Å². The number of carbonyl (C=O) groups is 1. The number of rotatable bonds is 1. The lowest BCUT2D eigenvalue weighted by Crippen LogP contribution is -2.33. The molecule has 4 aliphatic rings. The molecule has 5 rings (SSSR count). The largest absolute Gasteiger partial charge is 0.354 e. The summed E-state index contributed by atoms with van der Waals surface area (Å²) in [6, 6.07) is 2.01. The highest BCUT2D eigenvalue weighted by atomic mass is 32.2. The van der Waals surface area contributed by atoms with Crippen LogP contribution in [0.4, 0.5) is 10.5 Å². The fourth-order valence-electron chi connectivity index (χ4n) is 5.57. The number of benzene rings is 1. The van der Waals surface area contributed by atoms with Crippen molar-refractivity contribution in [2.75, 3.05) is 25.5 Å². The Morgan fingerprint density at radius 1 is 1.19 bits per heavy atom. The van der Waals surface area contributed by atoms with Crippen molar-refractivity contribution in [1.29, 1.82) is 0 Å². The van der Waals surface area contributed by atoms with Gasteiger partial charge in [0, 0.05) is 30.7 Å². The van der Waals surface area contributed by atoms with E-state index in [-0.39, 0.29) is 11.3 Å². The molecule has 7 heteroatoms. The lowest BCUT2D eigenvalue weighted by molar-refractivity contribution is 0.260. The summed E-state index contributed by atoms with van der Waals surface area (Å²) in [5.74, 6) is 0.296. The monoisotopic (exact) mass is 388 g/mol. The molecule has 0 spiro atoms. The van der Waals surface area contributed by atoms with Crippen LogP contribution in [0.15, 0.2) is 10.4 Å². The van der Waals surface area contributed by atoms with Gasteiger partial charge in [-0.2, -0.15) is 0 Å². The third kappa shape index (κ3) is 2.82. The molecule has 6 nitrogen and oxygen atoms in total. The van der Waals surface area contributed by atoms with Gasteiger partial charge < -0.3 is 10.2 Å². The minimum atomic E-state index is -2.74. The summed E-state index contributed by atoms with van der Waals surface area (Å²) in [4.78, 5) is 15.0. The summed E-state index contributed by atoms with van der Waals surface area (Å²) in [6.45, 7) is 3.69. The predicted octanol–water partition coefficient (Wildman–Crippen LogP) is 2.50. The van der Waals surface area contributed by atoms with E-state index in [9.17, 15) is 9.00 Å². The van der Waals surface area contributed by atoms with Crippen molar-refractivity contribution in [3.8, 4) is 0 Å². The van der Waals surface area contributed by atoms with Crippen molar-refractivity contribution in [3.05, 3.63) is 28.3 Å². The maximum Gasteiger partial charge on any atom is 0.354 e. The summed E-state index contributed by atoms with van der Waals surface area (Å²) < 4.78 is 20.8. The first-order valence-corrected chi connectivity index (χ1v) is 11.7. The van der Waals surface area contributed by atoms with Crippen LogP contribution < -0.4 is 10.0 Å². The molecule has 27 heavy (non-hydrogen) atoms. The highest BCUT2D eigenvalue weighted by molar-refractivity contribution is 7.93. The van der Waals surface area contributed by atoms with E-state index in [2.05, 4.69) is 25.4 Å². The van der Waals surface area contributed by atoms with Crippen LogP contribution in [0.1, 0.15) is 42.0 Å². The van der Waals surface area contributed by atoms with E-state index >= 15 is 0 Å². The number of hydrogen-bond acceptors (Lipinski definition) is 3. The second kappa shape index (κ2) is 6.29. The van der Waals surface area contributed by atoms with E-state index in [1.54, 1.807) is 0 Å². The minimum absolute atomic E-state index is 0.0737. The molecule has 0 bridgehead atoms. The number of amides is 2. The van der Waals surface area contributed by atoms with Gasteiger partial charge in [-0.1, -0.05) is 6.07 Å². The van der Waals surface area contributed by atoms with Crippen LogP contribution in [-0.4, -0.2) is 46.6 Å². The van der Waals surface area contributed by atoms with Crippen LogP contribution in [0.2, 0.25) is 0 Å². The molecule has 1 aromatic rings. The topological polar surface area (TPSA) is 73.8 Å². The molecule has 146 valence electrons. The Morgan fingerprint density at radius 3 is 2.52 bits per heavy atom. The van der Waals surface area contributed by atoms with Gasteiger partial charge in [0.1, 0.15) is 9.92 Å². The minimum Gasteiger partial charge on any atom is -0.305 e. The molecule has 2 saturated heterocycles. The Kier molecular flexibility index (Phi) is 4.11. The highest BCUT2D eigenvalue weighted by Gasteiger charge is 2.48. The van der Waals surface area contributed by atoms with Gasteiger partial charge >= 0.3 is 6.03 Å². The summed E-state index contributed by atoms with van der Waals surface area (Å²) in [5.41, 5.74) is 6.28. The Bertz CT molecular complexity index is 902. The number of nitrogens with zero attached hydrogens (tertiary/aromatic N) is 2. The average molecular weight is 389 g/mol. The molecule has 0 radical (unpaired) electrons. The van der Waals surface area contributed by atoms with E-state index in [0.29, 0.717) is 5.92 Å². The van der Waals surface area contributed by atoms with Gasteiger partial charge in [-0.05, 0) is 74.8 Å². The molecule has 0 aromatic heterocycles. The maximum atomic E-state index is 13.5. The first-order valence-electron chi connectivity index (χ1n) is 10.1. The van der Waals surface area contributed by atoms with Gasteiger partial charge in [-0.3, -0.25) is 0 Å². The van der Waals surface area contributed by atoms with E-state index in [4.69, 9.17) is 0 Å². The molecule has 2 amide bonds. The summed E-state index contributed by atoms with van der Waals surface area (Å²) >= 11 is 0. The zero-order valence-corrected chi connectivity index (χ0v) is 16.9. The second-order valence-corrected chi connectivity index (χ2v) is 10.8. The molecule has 2 fully saturated rings. The van der Waals surface area contributed by atoms with Crippen molar-refractivity contribution in [2.24, 2.45) is 10.3 Å².